The summed E-state index contributed by atoms with van der Waals surface area (Å²) in [5, 5.41) is 3.40. The molecule has 1 unspecified atom stereocenters. The highest BCUT2D eigenvalue weighted by molar-refractivity contribution is 5.13. The molecular formula is C13H22N2O. The Balaban J connectivity index is 2.61. The number of rotatable bonds is 7. The first-order chi connectivity index (χ1) is 7.77. The highest BCUT2D eigenvalue weighted by Gasteiger charge is 2.11. The summed E-state index contributed by atoms with van der Waals surface area (Å²) in [5.74, 6) is 0. The molecule has 3 heteroatoms. The molecule has 0 aromatic carbocycles. The second-order valence-electron chi connectivity index (χ2n) is 3.89. The summed E-state index contributed by atoms with van der Waals surface area (Å²) in [5.41, 5.74) is 2.12. The number of nitrogens with zero attached hydrogens (tertiary/aromatic N) is 1. The molecular weight excluding hydrogens is 200 g/mol. The Hall–Kier alpha value is -0.930. The third kappa shape index (κ3) is 4.29. The van der Waals surface area contributed by atoms with Crippen LogP contribution >= 0.6 is 0 Å². The number of pyridine rings is 1. The zero-order valence-corrected chi connectivity index (χ0v) is 10.5. The fourth-order valence-corrected chi connectivity index (χ4v) is 1.60. The lowest BCUT2D eigenvalue weighted by Crippen LogP contribution is -2.26. The van der Waals surface area contributed by atoms with Gasteiger partial charge in [0.25, 0.3) is 0 Å². The summed E-state index contributed by atoms with van der Waals surface area (Å²) in [6, 6.07) is 6.31. The first-order valence-corrected chi connectivity index (χ1v) is 6.02. The van der Waals surface area contributed by atoms with Gasteiger partial charge in [-0.05, 0) is 32.0 Å². The Morgan fingerprint density at radius 3 is 2.81 bits per heavy atom. The van der Waals surface area contributed by atoms with Crippen molar-refractivity contribution < 1.29 is 4.74 Å². The van der Waals surface area contributed by atoms with Crippen LogP contribution in [0, 0.1) is 6.92 Å². The molecule has 1 atom stereocenters. The largest absolute Gasteiger partial charge is 0.379 e. The number of nitrogens with one attached hydrogen (secondary N) is 1. The van der Waals surface area contributed by atoms with Crippen LogP contribution in [0.2, 0.25) is 0 Å². The third-order valence-corrected chi connectivity index (χ3v) is 2.35. The van der Waals surface area contributed by atoms with E-state index in [0.717, 1.165) is 31.0 Å². The smallest absolute Gasteiger partial charge is 0.0732 e. The standard InChI is InChI=1S/C13H22N2O/c1-4-9-16-10-13(14-5-2)12-8-6-7-11(3)15-12/h6-8,13-14H,4-5,9-10H2,1-3H3. The van der Waals surface area contributed by atoms with E-state index in [1.165, 1.54) is 0 Å². The number of hydrogen-bond acceptors (Lipinski definition) is 3. The molecule has 0 fully saturated rings. The molecule has 1 aromatic rings. The van der Waals surface area contributed by atoms with Gasteiger partial charge in [0.15, 0.2) is 0 Å². The van der Waals surface area contributed by atoms with Crippen LogP contribution in [0.5, 0.6) is 0 Å². The van der Waals surface area contributed by atoms with Gasteiger partial charge in [-0.3, -0.25) is 4.98 Å². The Morgan fingerprint density at radius 2 is 2.19 bits per heavy atom. The van der Waals surface area contributed by atoms with Gasteiger partial charge in [-0.15, -0.1) is 0 Å². The van der Waals surface area contributed by atoms with Crippen molar-refractivity contribution in [2.24, 2.45) is 0 Å². The highest BCUT2D eigenvalue weighted by Crippen LogP contribution is 2.11. The highest BCUT2D eigenvalue weighted by atomic mass is 16.5. The van der Waals surface area contributed by atoms with Gasteiger partial charge in [-0.1, -0.05) is 19.9 Å². The van der Waals surface area contributed by atoms with Gasteiger partial charge in [0.2, 0.25) is 0 Å². The van der Waals surface area contributed by atoms with Crippen LogP contribution in [0.4, 0.5) is 0 Å². The molecule has 1 N–H and O–H groups in total. The summed E-state index contributed by atoms with van der Waals surface area (Å²) >= 11 is 0. The topological polar surface area (TPSA) is 34.1 Å². The predicted octanol–water partition coefficient (Wildman–Crippen LogP) is 2.47. The van der Waals surface area contributed by atoms with Crippen molar-refractivity contribution in [3.8, 4) is 0 Å². The van der Waals surface area contributed by atoms with Crippen molar-refractivity contribution in [3.05, 3.63) is 29.6 Å². The van der Waals surface area contributed by atoms with E-state index in [9.17, 15) is 0 Å². The van der Waals surface area contributed by atoms with Crippen LogP contribution in [0.15, 0.2) is 18.2 Å². The fraction of sp³-hybridized carbons (Fsp3) is 0.615. The first kappa shape index (κ1) is 13.1. The van der Waals surface area contributed by atoms with E-state index in [4.69, 9.17) is 4.74 Å². The number of hydrogen-bond donors (Lipinski definition) is 1. The summed E-state index contributed by atoms with van der Waals surface area (Å²) in [6.07, 6.45) is 1.06. The molecule has 1 aromatic heterocycles. The van der Waals surface area contributed by atoms with E-state index >= 15 is 0 Å². The number of aromatic nitrogens is 1. The molecule has 0 aliphatic heterocycles. The Bertz CT molecular complexity index is 302. The molecule has 1 rings (SSSR count). The maximum Gasteiger partial charge on any atom is 0.0732 e. The maximum absolute atomic E-state index is 5.59. The fourth-order valence-electron chi connectivity index (χ4n) is 1.60. The first-order valence-electron chi connectivity index (χ1n) is 6.02. The van der Waals surface area contributed by atoms with Crippen molar-refractivity contribution >= 4 is 0 Å². The lowest BCUT2D eigenvalue weighted by Gasteiger charge is -2.17. The second kappa shape index (κ2) is 7.36. The molecule has 0 amide bonds. The number of ether oxygens (including phenoxy) is 1. The van der Waals surface area contributed by atoms with Gasteiger partial charge in [-0.2, -0.15) is 0 Å². The molecule has 0 aliphatic rings. The van der Waals surface area contributed by atoms with Crippen LogP contribution in [0.1, 0.15) is 37.7 Å². The molecule has 1 heterocycles. The van der Waals surface area contributed by atoms with E-state index < -0.39 is 0 Å². The summed E-state index contributed by atoms with van der Waals surface area (Å²) in [7, 11) is 0. The van der Waals surface area contributed by atoms with Crippen molar-refractivity contribution in [2.45, 2.75) is 33.2 Å². The van der Waals surface area contributed by atoms with Crippen LogP contribution in [0.3, 0.4) is 0 Å². The molecule has 3 nitrogen and oxygen atoms in total. The molecule has 0 saturated heterocycles. The number of aryl methyl sites for hydroxylation is 1. The monoisotopic (exact) mass is 222 g/mol. The minimum absolute atomic E-state index is 0.205. The van der Waals surface area contributed by atoms with Crippen LogP contribution in [-0.4, -0.2) is 24.7 Å². The molecule has 0 bridgehead atoms. The molecule has 0 radical (unpaired) electrons. The van der Waals surface area contributed by atoms with Crippen LogP contribution < -0.4 is 5.32 Å². The van der Waals surface area contributed by atoms with Gasteiger partial charge in [0.05, 0.1) is 18.3 Å². The SMILES string of the molecule is CCCOCC(NCC)c1cccc(C)n1. The summed E-state index contributed by atoms with van der Waals surface area (Å²) in [4.78, 5) is 4.53. The van der Waals surface area contributed by atoms with Gasteiger partial charge in [-0.25, -0.2) is 0 Å². The molecule has 0 saturated carbocycles. The summed E-state index contributed by atoms with van der Waals surface area (Å²) in [6.45, 7) is 8.66. The second-order valence-corrected chi connectivity index (χ2v) is 3.89. The molecule has 16 heavy (non-hydrogen) atoms. The molecule has 0 spiro atoms. The Labute approximate surface area is 98.2 Å². The van der Waals surface area contributed by atoms with E-state index in [-0.39, 0.29) is 6.04 Å². The molecule has 90 valence electrons. The van der Waals surface area contributed by atoms with Gasteiger partial charge >= 0.3 is 0 Å². The van der Waals surface area contributed by atoms with Crippen LogP contribution in [0.25, 0.3) is 0 Å². The summed E-state index contributed by atoms with van der Waals surface area (Å²) < 4.78 is 5.59. The third-order valence-electron chi connectivity index (χ3n) is 2.35. The van der Waals surface area contributed by atoms with Crippen molar-refractivity contribution in [3.63, 3.8) is 0 Å². The van der Waals surface area contributed by atoms with Crippen molar-refractivity contribution in [1.29, 1.82) is 0 Å². The normalized spacial score (nSPS) is 12.7. The van der Waals surface area contributed by atoms with Crippen LogP contribution in [-0.2, 0) is 4.74 Å². The Morgan fingerprint density at radius 1 is 1.38 bits per heavy atom. The minimum Gasteiger partial charge on any atom is -0.379 e. The Kier molecular flexibility index (Phi) is 6.04. The lowest BCUT2D eigenvalue weighted by molar-refractivity contribution is 0.111. The minimum atomic E-state index is 0.205. The quantitative estimate of drug-likeness (QED) is 0.720. The zero-order chi connectivity index (χ0) is 11.8. The molecule has 0 aliphatic carbocycles. The maximum atomic E-state index is 5.59. The average Bonchev–Trinajstić information content (AvgIpc) is 2.28. The van der Waals surface area contributed by atoms with Gasteiger partial charge in [0.1, 0.15) is 0 Å². The van der Waals surface area contributed by atoms with Crippen molar-refractivity contribution in [1.82, 2.24) is 10.3 Å². The van der Waals surface area contributed by atoms with E-state index in [2.05, 4.69) is 30.2 Å². The van der Waals surface area contributed by atoms with Crippen molar-refractivity contribution in [2.75, 3.05) is 19.8 Å². The van der Waals surface area contributed by atoms with Gasteiger partial charge in [0, 0.05) is 12.3 Å². The van der Waals surface area contributed by atoms with E-state index in [1.807, 2.05) is 19.1 Å². The number of likely N-dealkylation sites (N-methyl/N-ethyl adjacent to an activating group) is 1. The van der Waals surface area contributed by atoms with E-state index in [1.54, 1.807) is 0 Å². The zero-order valence-electron chi connectivity index (χ0n) is 10.5. The van der Waals surface area contributed by atoms with E-state index in [0.29, 0.717) is 6.61 Å². The average molecular weight is 222 g/mol. The van der Waals surface area contributed by atoms with Gasteiger partial charge < -0.3 is 10.1 Å². The predicted molar refractivity (Wildman–Crippen MR) is 66.5 cm³/mol. The lowest BCUT2D eigenvalue weighted by atomic mass is 10.2.